The Balaban J connectivity index is 1.63. The smallest absolute Gasteiger partial charge is 0.262 e. The number of nitrogens with zero attached hydrogens (tertiary/aromatic N) is 2. The fourth-order valence-corrected chi connectivity index (χ4v) is 4.60. The Morgan fingerprint density at radius 1 is 1.06 bits per heavy atom. The zero-order valence-electron chi connectivity index (χ0n) is 19.4. The van der Waals surface area contributed by atoms with Gasteiger partial charge in [-0.2, -0.15) is 0 Å². The summed E-state index contributed by atoms with van der Waals surface area (Å²) in [5.41, 5.74) is 1.61. The van der Waals surface area contributed by atoms with Crippen LogP contribution in [0.15, 0.2) is 58.5 Å². The molecular formula is C26H32ClN3O2S. The molecule has 3 rings (SSSR count). The van der Waals surface area contributed by atoms with Crippen molar-refractivity contribution >= 4 is 40.2 Å². The maximum atomic E-state index is 13.1. The van der Waals surface area contributed by atoms with Crippen LogP contribution >= 0.6 is 23.4 Å². The number of halogens is 1. The van der Waals surface area contributed by atoms with Crippen molar-refractivity contribution in [1.82, 2.24) is 14.9 Å². The van der Waals surface area contributed by atoms with Crippen molar-refractivity contribution in [1.29, 1.82) is 0 Å². The lowest BCUT2D eigenvalue weighted by molar-refractivity contribution is -0.118. The number of benzene rings is 2. The average molecular weight is 486 g/mol. The number of amides is 1. The first-order valence-corrected chi connectivity index (χ1v) is 12.9. The molecule has 0 spiro atoms. The molecule has 0 radical (unpaired) electrons. The first-order chi connectivity index (χ1) is 15.9. The molecule has 0 aliphatic rings. The van der Waals surface area contributed by atoms with Gasteiger partial charge < -0.3 is 5.32 Å². The minimum atomic E-state index is -0.0995. The zero-order valence-corrected chi connectivity index (χ0v) is 20.9. The van der Waals surface area contributed by atoms with Crippen molar-refractivity contribution in [2.24, 2.45) is 5.92 Å². The number of hydrogen-bond donors (Lipinski definition) is 1. The quantitative estimate of drug-likeness (QED) is 0.192. The number of aromatic nitrogens is 2. The second-order valence-corrected chi connectivity index (χ2v) is 10.0. The molecule has 0 atom stereocenters. The van der Waals surface area contributed by atoms with Crippen LogP contribution in [0.25, 0.3) is 10.9 Å². The van der Waals surface area contributed by atoms with Crippen LogP contribution in [0.4, 0.5) is 0 Å². The van der Waals surface area contributed by atoms with E-state index < -0.39 is 0 Å². The molecule has 33 heavy (non-hydrogen) atoms. The van der Waals surface area contributed by atoms with Gasteiger partial charge in [0.15, 0.2) is 5.16 Å². The van der Waals surface area contributed by atoms with E-state index in [2.05, 4.69) is 19.2 Å². The molecule has 0 aliphatic heterocycles. The summed E-state index contributed by atoms with van der Waals surface area (Å²) in [6, 6.07) is 14.8. The summed E-state index contributed by atoms with van der Waals surface area (Å²) in [6.07, 6.45) is 5.64. The number of fused-ring (bicyclic) bond motifs is 1. The fraction of sp³-hybridized carbons (Fsp3) is 0.423. The van der Waals surface area contributed by atoms with E-state index in [1.54, 1.807) is 16.7 Å². The molecule has 0 bridgehead atoms. The van der Waals surface area contributed by atoms with Crippen molar-refractivity contribution < 1.29 is 4.79 Å². The summed E-state index contributed by atoms with van der Waals surface area (Å²) in [7, 11) is 0. The summed E-state index contributed by atoms with van der Waals surface area (Å²) in [6.45, 7) is 5.54. The van der Waals surface area contributed by atoms with Crippen molar-refractivity contribution in [3.63, 3.8) is 0 Å². The Bertz CT molecular complexity index is 1110. The molecule has 0 aliphatic carbocycles. The van der Waals surface area contributed by atoms with Crippen LogP contribution in [-0.2, 0) is 17.9 Å². The van der Waals surface area contributed by atoms with Gasteiger partial charge in [-0.15, -0.1) is 0 Å². The largest absolute Gasteiger partial charge is 0.351 e. The molecule has 1 aromatic heterocycles. The van der Waals surface area contributed by atoms with Crippen molar-refractivity contribution in [3.05, 3.63) is 69.5 Å². The number of nitrogens with one attached hydrogen (secondary N) is 1. The first kappa shape index (κ1) is 25.3. The van der Waals surface area contributed by atoms with Crippen molar-refractivity contribution in [2.45, 2.75) is 64.2 Å². The van der Waals surface area contributed by atoms with Crippen LogP contribution in [0.3, 0.4) is 0 Å². The third-order valence-electron chi connectivity index (χ3n) is 5.48. The molecule has 2 aromatic carbocycles. The molecule has 1 N–H and O–H groups in total. The van der Waals surface area contributed by atoms with Gasteiger partial charge in [-0.1, -0.05) is 87.2 Å². The Morgan fingerprint density at radius 3 is 2.55 bits per heavy atom. The van der Waals surface area contributed by atoms with E-state index in [1.807, 2.05) is 36.4 Å². The van der Waals surface area contributed by atoms with Crippen LogP contribution in [0, 0.1) is 5.92 Å². The van der Waals surface area contributed by atoms with E-state index in [-0.39, 0.29) is 17.2 Å². The lowest BCUT2D eigenvalue weighted by atomic mass is 10.0. The average Bonchev–Trinajstić information content (AvgIpc) is 2.80. The van der Waals surface area contributed by atoms with Crippen molar-refractivity contribution in [2.75, 3.05) is 5.75 Å². The molecule has 1 heterocycles. The number of hydrogen-bond acceptors (Lipinski definition) is 4. The second-order valence-electron chi connectivity index (χ2n) is 8.66. The normalized spacial score (nSPS) is 11.3. The van der Waals surface area contributed by atoms with Crippen LogP contribution < -0.4 is 10.9 Å². The highest BCUT2D eigenvalue weighted by Gasteiger charge is 2.13. The summed E-state index contributed by atoms with van der Waals surface area (Å²) in [5, 5.41) is 4.80. The Morgan fingerprint density at radius 2 is 1.79 bits per heavy atom. The highest BCUT2D eigenvalue weighted by Crippen LogP contribution is 2.19. The molecule has 0 unspecified atom stereocenters. The third-order valence-corrected chi connectivity index (χ3v) is 6.70. The molecule has 1 amide bonds. The van der Waals surface area contributed by atoms with E-state index in [4.69, 9.17) is 16.6 Å². The molecule has 7 heteroatoms. The minimum absolute atomic E-state index is 0.0353. The molecule has 0 saturated heterocycles. The van der Waals surface area contributed by atoms with Crippen LogP contribution in [-0.4, -0.2) is 21.2 Å². The summed E-state index contributed by atoms with van der Waals surface area (Å²) in [5.74, 6) is 0.830. The number of carbonyl (C=O) groups is 1. The van der Waals surface area contributed by atoms with E-state index in [9.17, 15) is 9.59 Å². The summed E-state index contributed by atoms with van der Waals surface area (Å²) < 4.78 is 1.74. The maximum Gasteiger partial charge on any atom is 0.262 e. The molecule has 0 saturated carbocycles. The van der Waals surface area contributed by atoms with E-state index in [0.29, 0.717) is 34.2 Å². The topological polar surface area (TPSA) is 64.0 Å². The second kappa shape index (κ2) is 12.8. The number of para-hydroxylation sites is 1. The molecule has 176 valence electrons. The van der Waals surface area contributed by atoms with Gasteiger partial charge in [0.25, 0.3) is 5.56 Å². The van der Waals surface area contributed by atoms with Gasteiger partial charge in [-0.3, -0.25) is 14.2 Å². The van der Waals surface area contributed by atoms with Gasteiger partial charge in [0.1, 0.15) is 0 Å². The monoisotopic (exact) mass is 485 g/mol. The summed E-state index contributed by atoms with van der Waals surface area (Å²) in [4.78, 5) is 30.3. The Hall–Kier alpha value is -2.31. The van der Waals surface area contributed by atoms with E-state index >= 15 is 0 Å². The molecule has 5 nitrogen and oxygen atoms in total. The van der Waals surface area contributed by atoms with Crippen LogP contribution in [0.2, 0.25) is 5.02 Å². The Kier molecular flexibility index (Phi) is 9.82. The molecule has 3 aromatic rings. The van der Waals surface area contributed by atoms with Gasteiger partial charge >= 0.3 is 0 Å². The molecular weight excluding hydrogens is 454 g/mol. The lowest BCUT2D eigenvalue weighted by Gasteiger charge is -2.13. The maximum absolute atomic E-state index is 13.1. The van der Waals surface area contributed by atoms with Crippen molar-refractivity contribution in [3.8, 4) is 0 Å². The number of unbranched alkanes of at least 4 members (excludes halogenated alkanes) is 3. The first-order valence-electron chi connectivity index (χ1n) is 11.6. The van der Waals surface area contributed by atoms with Crippen LogP contribution in [0.5, 0.6) is 0 Å². The lowest BCUT2D eigenvalue weighted by Crippen LogP contribution is -2.27. The van der Waals surface area contributed by atoms with Gasteiger partial charge in [0, 0.05) is 18.1 Å². The highest BCUT2D eigenvalue weighted by atomic mass is 35.5. The fourth-order valence-electron chi connectivity index (χ4n) is 3.62. The zero-order chi connectivity index (χ0) is 23.6. The van der Waals surface area contributed by atoms with E-state index in [0.717, 1.165) is 24.3 Å². The highest BCUT2D eigenvalue weighted by molar-refractivity contribution is 7.99. The van der Waals surface area contributed by atoms with E-state index in [1.165, 1.54) is 31.0 Å². The SMILES string of the molecule is CC(C)CCCCCCn1c(SCC(=O)NCc2ccc(Cl)cc2)nc2ccccc2c1=O. The predicted molar refractivity (Wildman–Crippen MR) is 138 cm³/mol. The van der Waals surface area contributed by atoms with Crippen LogP contribution in [0.1, 0.15) is 51.5 Å². The standard InChI is InChI=1S/C26H32ClN3O2S/c1-19(2)9-5-3-4-8-16-30-25(32)22-10-6-7-11-23(22)29-26(30)33-18-24(31)28-17-20-12-14-21(27)15-13-20/h6-7,10-15,19H,3-5,8-9,16-18H2,1-2H3,(H,28,31). The predicted octanol–water partition coefficient (Wildman–Crippen LogP) is 6.06. The van der Waals surface area contributed by atoms with Gasteiger partial charge in [-0.05, 0) is 42.2 Å². The number of rotatable bonds is 12. The van der Waals surface area contributed by atoms with Gasteiger partial charge in [-0.25, -0.2) is 4.98 Å². The van der Waals surface area contributed by atoms with Gasteiger partial charge in [0.2, 0.25) is 5.91 Å². The number of thioether (sulfide) groups is 1. The third kappa shape index (κ3) is 7.90. The number of carbonyl (C=O) groups excluding carboxylic acids is 1. The van der Waals surface area contributed by atoms with Gasteiger partial charge in [0.05, 0.1) is 16.7 Å². The molecule has 0 fully saturated rings. The summed E-state index contributed by atoms with van der Waals surface area (Å²) >= 11 is 7.22. The minimum Gasteiger partial charge on any atom is -0.351 e. The Labute approximate surface area is 204 Å².